The van der Waals surface area contributed by atoms with Crippen molar-refractivity contribution in [1.29, 1.82) is 0 Å². The number of aromatic nitrogens is 2. The Bertz CT molecular complexity index is 353. The zero-order chi connectivity index (χ0) is 11.6. The van der Waals surface area contributed by atoms with Gasteiger partial charge in [0.25, 0.3) is 0 Å². The van der Waals surface area contributed by atoms with Crippen LogP contribution >= 0.6 is 0 Å². The summed E-state index contributed by atoms with van der Waals surface area (Å²) in [6, 6.07) is 0.294. The smallest absolute Gasteiger partial charge is 0.316 e. The summed E-state index contributed by atoms with van der Waals surface area (Å²) < 4.78 is 16.3. The van der Waals surface area contributed by atoms with Crippen molar-refractivity contribution in [2.24, 2.45) is 0 Å². The molecule has 1 unspecified atom stereocenters. The van der Waals surface area contributed by atoms with Gasteiger partial charge in [-0.15, -0.1) is 0 Å². The van der Waals surface area contributed by atoms with Crippen LogP contribution in [-0.4, -0.2) is 35.1 Å². The Kier molecular flexibility index (Phi) is 2.93. The molecule has 16 heavy (non-hydrogen) atoms. The molecule has 2 rings (SSSR count). The minimum Gasteiger partial charge on any atom is -0.461 e. The van der Waals surface area contributed by atoms with Gasteiger partial charge < -0.3 is 19.9 Å². The zero-order valence-corrected chi connectivity index (χ0v) is 9.34. The van der Waals surface area contributed by atoms with Gasteiger partial charge in [-0.25, -0.2) is 9.97 Å². The molecule has 0 amide bonds. The van der Waals surface area contributed by atoms with Crippen molar-refractivity contribution in [3.05, 3.63) is 12.4 Å². The number of anilines is 1. The molecule has 1 aliphatic rings. The number of hydrogen-bond donors (Lipinski definition) is 1. The summed E-state index contributed by atoms with van der Waals surface area (Å²) in [6.07, 6.45) is 2.91. The van der Waals surface area contributed by atoms with E-state index in [4.69, 9.17) is 19.9 Å². The van der Waals surface area contributed by atoms with E-state index in [1.54, 1.807) is 0 Å². The summed E-state index contributed by atoms with van der Waals surface area (Å²) in [5.41, 5.74) is 5.96. The monoisotopic (exact) mass is 225 g/mol. The molecule has 88 valence electrons. The van der Waals surface area contributed by atoms with Crippen LogP contribution in [0.2, 0.25) is 0 Å². The van der Waals surface area contributed by atoms with Crippen LogP contribution in [0.4, 0.5) is 5.69 Å². The lowest BCUT2D eigenvalue weighted by Crippen LogP contribution is -2.25. The molecule has 6 nitrogen and oxygen atoms in total. The van der Waals surface area contributed by atoms with E-state index in [1.165, 1.54) is 12.4 Å². The highest BCUT2D eigenvalue weighted by atomic mass is 16.7. The summed E-state index contributed by atoms with van der Waals surface area (Å²) in [4.78, 5) is 7.84. The highest BCUT2D eigenvalue weighted by Crippen LogP contribution is 2.22. The first-order valence-electron chi connectivity index (χ1n) is 5.07. The molecule has 0 aromatic carbocycles. The van der Waals surface area contributed by atoms with Crippen LogP contribution in [0.1, 0.15) is 13.8 Å². The Morgan fingerprint density at radius 2 is 2.19 bits per heavy atom. The molecule has 0 spiro atoms. The van der Waals surface area contributed by atoms with Crippen molar-refractivity contribution >= 4 is 5.69 Å². The van der Waals surface area contributed by atoms with E-state index in [1.807, 2.05) is 13.8 Å². The van der Waals surface area contributed by atoms with Crippen LogP contribution in [-0.2, 0) is 9.47 Å². The van der Waals surface area contributed by atoms with Crippen molar-refractivity contribution < 1.29 is 14.2 Å². The van der Waals surface area contributed by atoms with E-state index in [9.17, 15) is 0 Å². The normalized spacial score (nSPS) is 23.2. The Labute approximate surface area is 93.7 Å². The zero-order valence-electron chi connectivity index (χ0n) is 9.34. The predicted molar refractivity (Wildman–Crippen MR) is 56.8 cm³/mol. The molecule has 1 saturated heterocycles. The van der Waals surface area contributed by atoms with E-state index in [2.05, 4.69) is 9.97 Å². The maximum atomic E-state index is 5.57. The van der Waals surface area contributed by atoms with Gasteiger partial charge in [0.15, 0.2) is 5.79 Å². The number of rotatable bonds is 3. The molecule has 0 aliphatic carbocycles. The van der Waals surface area contributed by atoms with Crippen LogP contribution in [0.15, 0.2) is 12.4 Å². The Balaban J connectivity index is 1.82. The molecule has 0 bridgehead atoms. The summed E-state index contributed by atoms with van der Waals surface area (Å²) in [5, 5.41) is 0. The third-order valence-corrected chi connectivity index (χ3v) is 2.11. The van der Waals surface area contributed by atoms with Crippen LogP contribution in [0.3, 0.4) is 0 Å². The third kappa shape index (κ3) is 2.80. The molecule has 6 heteroatoms. The van der Waals surface area contributed by atoms with Crippen molar-refractivity contribution in [1.82, 2.24) is 9.97 Å². The fraction of sp³-hybridized carbons (Fsp3) is 0.600. The average Bonchev–Trinajstić information content (AvgIpc) is 2.58. The fourth-order valence-corrected chi connectivity index (χ4v) is 1.41. The second-order valence-corrected chi connectivity index (χ2v) is 4.06. The van der Waals surface area contributed by atoms with Crippen molar-refractivity contribution in [2.75, 3.05) is 18.9 Å². The molecular formula is C10H15N3O3. The van der Waals surface area contributed by atoms with Gasteiger partial charge in [-0.3, -0.25) is 0 Å². The van der Waals surface area contributed by atoms with Gasteiger partial charge in [-0.1, -0.05) is 0 Å². The second kappa shape index (κ2) is 4.23. The highest BCUT2D eigenvalue weighted by molar-refractivity contribution is 5.30. The van der Waals surface area contributed by atoms with Crippen molar-refractivity contribution in [3.63, 3.8) is 0 Å². The quantitative estimate of drug-likeness (QED) is 0.811. The lowest BCUT2D eigenvalue weighted by molar-refractivity contribution is -0.141. The van der Waals surface area contributed by atoms with E-state index in [-0.39, 0.29) is 6.10 Å². The fourth-order valence-electron chi connectivity index (χ4n) is 1.41. The highest BCUT2D eigenvalue weighted by Gasteiger charge is 2.33. The summed E-state index contributed by atoms with van der Waals surface area (Å²) in [7, 11) is 0. The lowest BCUT2D eigenvalue weighted by Gasteiger charge is -2.16. The SMILES string of the molecule is CC1(C)OCC(COc2ncc(N)cn2)O1. The molecular weight excluding hydrogens is 210 g/mol. The molecule has 1 aromatic heterocycles. The maximum absolute atomic E-state index is 5.57. The Hall–Kier alpha value is -1.40. The van der Waals surface area contributed by atoms with E-state index >= 15 is 0 Å². The van der Waals surface area contributed by atoms with Crippen LogP contribution in [0, 0.1) is 0 Å². The molecule has 1 atom stereocenters. The van der Waals surface area contributed by atoms with Gasteiger partial charge in [-0.05, 0) is 13.8 Å². The van der Waals surface area contributed by atoms with E-state index in [0.717, 1.165) is 0 Å². The Morgan fingerprint density at radius 1 is 1.50 bits per heavy atom. The molecule has 2 heterocycles. The number of nitrogen functional groups attached to an aromatic ring is 1. The van der Waals surface area contributed by atoms with Crippen molar-refractivity contribution in [3.8, 4) is 6.01 Å². The standard InChI is InChI=1S/C10H15N3O3/c1-10(2)15-6-8(16-10)5-14-9-12-3-7(11)4-13-9/h3-4,8H,5-6,11H2,1-2H3. The topological polar surface area (TPSA) is 79.5 Å². The first-order valence-corrected chi connectivity index (χ1v) is 5.07. The van der Waals surface area contributed by atoms with Crippen LogP contribution < -0.4 is 10.5 Å². The summed E-state index contributed by atoms with van der Waals surface area (Å²) >= 11 is 0. The van der Waals surface area contributed by atoms with Gasteiger partial charge in [-0.2, -0.15) is 0 Å². The van der Waals surface area contributed by atoms with E-state index < -0.39 is 5.79 Å². The molecule has 2 N–H and O–H groups in total. The predicted octanol–water partition coefficient (Wildman–Crippen LogP) is 0.589. The van der Waals surface area contributed by atoms with Crippen LogP contribution in [0.25, 0.3) is 0 Å². The van der Waals surface area contributed by atoms with Gasteiger partial charge in [0, 0.05) is 0 Å². The summed E-state index contributed by atoms with van der Waals surface area (Å²) in [5.74, 6) is -0.532. The van der Waals surface area contributed by atoms with Crippen molar-refractivity contribution in [2.45, 2.75) is 25.7 Å². The largest absolute Gasteiger partial charge is 0.461 e. The molecule has 1 aromatic rings. The third-order valence-electron chi connectivity index (χ3n) is 2.11. The Morgan fingerprint density at radius 3 is 2.75 bits per heavy atom. The molecule has 1 fully saturated rings. The number of ether oxygens (including phenoxy) is 3. The van der Waals surface area contributed by atoms with E-state index in [0.29, 0.717) is 24.9 Å². The number of nitrogens with zero attached hydrogens (tertiary/aromatic N) is 2. The van der Waals surface area contributed by atoms with Gasteiger partial charge in [0.1, 0.15) is 12.7 Å². The minimum atomic E-state index is -0.532. The first kappa shape index (κ1) is 11.1. The minimum absolute atomic E-state index is 0.0869. The van der Waals surface area contributed by atoms with Gasteiger partial charge in [0.05, 0.1) is 24.7 Å². The average molecular weight is 225 g/mol. The summed E-state index contributed by atoms with van der Waals surface area (Å²) in [6.45, 7) is 4.62. The second-order valence-electron chi connectivity index (χ2n) is 4.06. The number of nitrogens with two attached hydrogens (primary N) is 1. The van der Waals surface area contributed by atoms with Gasteiger partial charge >= 0.3 is 6.01 Å². The maximum Gasteiger partial charge on any atom is 0.316 e. The first-order chi connectivity index (χ1) is 7.55. The lowest BCUT2D eigenvalue weighted by atomic mass is 10.4. The van der Waals surface area contributed by atoms with Gasteiger partial charge in [0.2, 0.25) is 0 Å². The van der Waals surface area contributed by atoms with Crippen LogP contribution in [0.5, 0.6) is 6.01 Å². The molecule has 0 radical (unpaired) electrons. The molecule has 0 saturated carbocycles. The number of hydrogen-bond acceptors (Lipinski definition) is 6. The molecule has 1 aliphatic heterocycles.